The fraction of sp³-hybridized carbons (Fsp3) is 0.0769. The van der Waals surface area contributed by atoms with Crippen molar-refractivity contribution in [2.24, 2.45) is 0 Å². The first-order valence-electron chi connectivity index (χ1n) is 5.62. The van der Waals surface area contributed by atoms with Crippen LogP contribution >= 0.6 is 23.2 Å². The summed E-state index contributed by atoms with van der Waals surface area (Å²) < 4.78 is 26.1. The fourth-order valence-electron chi connectivity index (χ4n) is 1.65. The smallest absolute Gasteiger partial charge is 0.264 e. The predicted molar refractivity (Wildman–Crippen MR) is 82.9 cm³/mol. The number of halogens is 2. The third kappa shape index (κ3) is 2.85. The molecule has 0 saturated carbocycles. The van der Waals surface area contributed by atoms with E-state index in [9.17, 15) is 8.42 Å². The molecule has 0 bridgehead atoms. The van der Waals surface area contributed by atoms with Crippen LogP contribution in [0.25, 0.3) is 0 Å². The maximum absolute atomic E-state index is 12.5. The van der Waals surface area contributed by atoms with E-state index < -0.39 is 10.0 Å². The van der Waals surface area contributed by atoms with Gasteiger partial charge in [-0.2, -0.15) is 0 Å². The molecule has 0 aliphatic rings. The van der Waals surface area contributed by atoms with Crippen LogP contribution in [0.15, 0.2) is 47.4 Å². The van der Waals surface area contributed by atoms with Crippen molar-refractivity contribution in [1.82, 2.24) is 0 Å². The van der Waals surface area contributed by atoms with Crippen molar-refractivity contribution in [1.29, 1.82) is 0 Å². The van der Waals surface area contributed by atoms with Crippen molar-refractivity contribution in [3.8, 4) is 0 Å². The van der Waals surface area contributed by atoms with Crippen molar-refractivity contribution in [2.75, 3.05) is 17.1 Å². The van der Waals surface area contributed by atoms with E-state index in [1.54, 1.807) is 24.3 Å². The number of rotatable bonds is 3. The van der Waals surface area contributed by atoms with Crippen molar-refractivity contribution in [3.63, 3.8) is 0 Å². The molecule has 2 rings (SSSR count). The van der Waals surface area contributed by atoms with E-state index in [0.29, 0.717) is 15.7 Å². The summed E-state index contributed by atoms with van der Waals surface area (Å²) in [5.41, 5.74) is 6.32. The largest absolute Gasteiger partial charge is 0.397 e. The van der Waals surface area contributed by atoms with Gasteiger partial charge in [0.1, 0.15) is 0 Å². The van der Waals surface area contributed by atoms with Crippen LogP contribution in [-0.2, 0) is 10.0 Å². The lowest BCUT2D eigenvalue weighted by molar-refractivity contribution is 0.594. The van der Waals surface area contributed by atoms with E-state index in [1.165, 1.54) is 25.2 Å². The second-order valence-corrected chi connectivity index (χ2v) is 6.95. The molecule has 20 heavy (non-hydrogen) atoms. The van der Waals surface area contributed by atoms with Crippen molar-refractivity contribution in [3.05, 3.63) is 52.5 Å². The number of hydrogen-bond donors (Lipinski definition) is 1. The fourth-order valence-corrected chi connectivity index (χ4v) is 3.18. The van der Waals surface area contributed by atoms with Crippen LogP contribution in [0.3, 0.4) is 0 Å². The lowest BCUT2D eigenvalue weighted by Crippen LogP contribution is -2.26. The lowest BCUT2D eigenvalue weighted by Gasteiger charge is -2.20. The van der Waals surface area contributed by atoms with E-state index in [1.807, 2.05) is 0 Å². The molecule has 0 aliphatic heterocycles. The number of hydrogen-bond acceptors (Lipinski definition) is 3. The first-order chi connectivity index (χ1) is 9.32. The molecular formula is C13H12Cl2N2O2S. The van der Waals surface area contributed by atoms with Gasteiger partial charge in [-0.05, 0) is 36.4 Å². The first-order valence-corrected chi connectivity index (χ1v) is 7.81. The summed E-state index contributed by atoms with van der Waals surface area (Å²) in [4.78, 5) is 0.0712. The summed E-state index contributed by atoms with van der Waals surface area (Å²) in [7, 11) is -2.26. The standard InChI is InChI=1S/C13H12Cl2N2O2S/c1-17(10-4-2-3-9(14)7-10)20(18,19)11-5-6-12(15)13(16)8-11/h2-8H,16H2,1H3. The normalized spacial score (nSPS) is 11.3. The molecule has 0 amide bonds. The number of sulfonamides is 1. The molecule has 0 spiro atoms. The number of nitrogen functional groups attached to an aromatic ring is 1. The van der Waals surface area contributed by atoms with E-state index in [2.05, 4.69) is 0 Å². The second kappa shape index (κ2) is 5.52. The van der Waals surface area contributed by atoms with Gasteiger partial charge in [-0.1, -0.05) is 29.3 Å². The zero-order valence-electron chi connectivity index (χ0n) is 10.5. The quantitative estimate of drug-likeness (QED) is 0.877. The molecule has 0 saturated heterocycles. The highest BCUT2D eigenvalue weighted by Gasteiger charge is 2.22. The van der Waals surface area contributed by atoms with Gasteiger partial charge in [0.2, 0.25) is 0 Å². The number of nitrogens with two attached hydrogens (primary N) is 1. The summed E-state index contributed by atoms with van der Waals surface area (Å²) in [6, 6.07) is 10.8. The van der Waals surface area contributed by atoms with Gasteiger partial charge in [-0.25, -0.2) is 8.42 Å². The summed E-state index contributed by atoms with van der Waals surface area (Å²) in [6.45, 7) is 0. The van der Waals surface area contributed by atoms with Crippen LogP contribution in [-0.4, -0.2) is 15.5 Å². The molecule has 0 aliphatic carbocycles. The summed E-state index contributed by atoms with van der Waals surface area (Å²) in [6.07, 6.45) is 0. The Hall–Kier alpha value is -1.43. The van der Waals surface area contributed by atoms with Crippen LogP contribution < -0.4 is 10.0 Å². The Morgan fingerprint density at radius 2 is 1.80 bits per heavy atom. The highest BCUT2D eigenvalue weighted by atomic mass is 35.5. The van der Waals surface area contributed by atoms with Crippen molar-refractivity contribution in [2.45, 2.75) is 4.90 Å². The molecule has 0 unspecified atom stereocenters. The minimum absolute atomic E-state index is 0.0712. The summed E-state index contributed by atoms with van der Waals surface area (Å²) in [5, 5.41) is 0.773. The Kier molecular flexibility index (Phi) is 4.13. The average Bonchev–Trinajstić information content (AvgIpc) is 2.40. The molecule has 0 aromatic heterocycles. The first kappa shape index (κ1) is 15.0. The van der Waals surface area contributed by atoms with E-state index in [4.69, 9.17) is 28.9 Å². The van der Waals surface area contributed by atoms with Crippen LogP contribution in [0, 0.1) is 0 Å². The third-order valence-corrected chi connectivity index (χ3v) is 5.16. The van der Waals surface area contributed by atoms with Crippen molar-refractivity contribution >= 4 is 44.6 Å². The third-order valence-electron chi connectivity index (χ3n) is 2.80. The van der Waals surface area contributed by atoms with Gasteiger partial charge in [-0.15, -0.1) is 0 Å². The maximum atomic E-state index is 12.5. The zero-order valence-corrected chi connectivity index (χ0v) is 12.9. The van der Waals surface area contributed by atoms with Gasteiger partial charge in [0.25, 0.3) is 10.0 Å². The highest BCUT2D eigenvalue weighted by Crippen LogP contribution is 2.27. The molecule has 4 nitrogen and oxygen atoms in total. The average molecular weight is 331 g/mol. The minimum atomic E-state index is -3.71. The Morgan fingerprint density at radius 3 is 2.40 bits per heavy atom. The van der Waals surface area contributed by atoms with Crippen LogP contribution in [0.2, 0.25) is 10.0 Å². The Labute approximate surface area is 127 Å². The molecular weight excluding hydrogens is 319 g/mol. The minimum Gasteiger partial charge on any atom is -0.397 e. The van der Waals surface area contributed by atoms with Gasteiger partial charge < -0.3 is 5.73 Å². The van der Waals surface area contributed by atoms with Gasteiger partial charge in [0, 0.05) is 12.1 Å². The molecule has 2 aromatic carbocycles. The van der Waals surface area contributed by atoms with E-state index in [-0.39, 0.29) is 10.6 Å². The Balaban J connectivity index is 2.46. The van der Waals surface area contributed by atoms with Gasteiger partial charge >= 0.3 is 0 Å². The second-order valence-electron chi connectivity index (χ2n) is 4.14. The number of benzene rings is 2. The topological polar surface area (TPSA) is 63.4 Å². The van der Waals surface area contributed by atoms with Gasteiger partial charge in [-0.3, -0.25) is 4.31 Å². The predicted octanol–water partition coefficient (Wildman–Crippen LogP) is 3.40. The highest BCUT2D eigenvalue weighted by molar-refractivity contribution is 7.92. The van der Waals surface area contributed by atoms with Crippen LogP contribution in [0.4, 0.5) is 11.4 Å². The molecule has 2 aromatic rings. The summed E-state index contributed by atoms with van der Waals surface area (Å²) in [5.74, 6) is 0. The molecule has 0 atom stereocenters. The van der Waals surface area contributed by atoms with E-state index in [0.717, 1.165) is 4.31 Å². The lowest BCUT2D eigenvalue weighted by atomic mass is 10.3. The number of nitrogens with zero attached hydrogens (tertiary/aromatic N) is 1. The Bertz CT molecular complexity index is 748. The van der Waals surface area contributed by atoms with Gasteiger partial charge in [0.05, 0.1) is 21.3 Å². The van der Waals surface area contributed by atoms with Crippen LogP contribution in [0.5, 0.6) is 0 Å². The molecule has 0 heterocycles. The van der Waals surface area contributed by atoms with Gasteiger partial charge in [0.15, 0.2) is 0 Å². The molecule has 7 heteroatoms. The van der Waals surface area contributed by atoms with Crippen molar-refractivity contribution < 1.29 is 8.42 Å². The monoisotopic (exact) mass is 330 g/mol. The summed E-state index contributed by atoms with van der Waals surface area (Å²) >= 11 is 11.7. The molecule has 0 radical (unpaired) electrons. The van der Waals surface area contributed by atoms with E-state index >= 15 is 0 Å². The maximum Gasteiger partial charge on any atom is 0.264 e. The molecule has 0 fully saturated rings. The molecule has 2 N–H and O–H groups in total. The molecule has 106 valence electrons. The SMILES string of the molecule is CN(c1cccc(Cl)c1)S(=O)(=O)c1ccc(Cl)c(N)c1. The Morgan fingerprint density at radius 1 is 1.10 bits per heavy atom. The van der Waals surface area contributed by atoms with Crippen LogP contribution in [0.1, 0.15) is 0 Å². The zero-order chi connectivity index (χ0) is 14.9. The number of anilines is 2.